The molecule has 110 valence electrons. The minimum atomic E-state index is 0.0653. The number of imidazole rings is 1. The van der Waals surface area contributed by atoms with E-state index in [4.69, 9.17) is 16.6 Å². The van der Waals surface area contributed by atoms with Crippen molar-refractivity contribution in [3.8, 4) is 0 Å². The van der Waals surface area contributed by atoms with Gasteiger partial charge in [0.2, 0.25) is 0 Å². The highest BCUT2D eigenvalue weighted by molar-refractivity contribution is 6.24. The van der Waals surface area contributed by atoms with Crippen LogP contribution in [0.3, 0.4) is 0 Å². The van der Waals surface area contributed by atoms with Gasteiger partial charge in [-0.05, 0) is 75.0 Å². The lowest BCUT2D eigenvalue weighted by molar-refractivity contribution is 0.00711. The summed E-state index contributed by atoms with van der Waals surface area (Å²) < 4.78 is 2.18. The Kier molecular flexibility index (Phi) is 2.29. The number of rotatable bonds is 1. The molecule has 4 saturated carbocycles. The molecule has 2 aromatic rings. The maximum absolute atomic E-state index is 6.96. The first-order valence-electron chi connectivity index (χ1n) is 8.19. The Bertz CT molecular complexity index is 718. The maximum atomic E-state index is 6.96. The molecule has 4 aliphatic rings. The van der Waals surface area contributed by atoms with E-state index in [1.165, 1.54) is 43.4 Å². The molecule has 0 spiro atoms. The normalized spacial score (nSPS) is 41.0. The summed E-state index contributed by atoms with van der Waals surface area (Å²) in [5, 5.41) is 0. The van der Waals surface area contributed by atoms with Gasteiger partial charge in [0.05, 0.1) is 5.69 Å². The smallest absolute Gasteiger partial charge is 0.137 e. The van der Waals surface area contributed by atoms with E-state index in [2.05, 4.69) is 35.9 Å². The molecule has 2 aromatic heterocycles. The first kappa shape index (κ1) is 12.5. The molecular formula is C18H21ClN2. The van der Waals surface area contributed by atoms with E-state index in [9.17, 15) is 0 Å². The van der Waals surface area contributed by atoms with Crippen molar-refractivity contribution in [3.05, 3.63) is 35.8 Å². The molecule has 3 heteroatoms. The van der Waals surface area contributed by atoms with Gasteiger partial charge >= 0.3 is 0 Å². The second-order valence-electron chi connectivity index (χ2n) is 7.99. The number of pyridine rings is 1. The van der Waals surface area contributed by atoms with E-state index in [0.29, 0.717) is 0 Å². The number of fused-ring (bicyclic) bond motifs is 1. The average molecular weight is 301 g/mol. The van der Waals surface area contributed by atoms with Crippen molar-refractivity contribution in [2.45, 2.75) is 55.7 Å². The summed E-state index contributed by atoms with van der Waals surface area (Å²) in [6, 6.07) is 4.33. The lowest BCUT2D eigenvalue weighted by atomic mass is 9.48. The number of nitrogens with zero attached hydrogens (tertiary/aromatic N) is 2. The van der Waals surface area contributed by atoms with Crippen LogP contribution in [0.25, 0.3) is 5.65 Å². The zero-order chi connectivity index (χ0) is 14.2. The molecule has 0 N–H and O–H groups in total. The highest BCUT2D eigenvalue weighted by atomic mass is 35.5. The first-order chi connectivity index (χ1) is 10.0. The van der Waals surface area contributed by atoms with Gasteiger partial charge in [0.25, 0.3) is 0 Å². The SMILES string of the molecule is Cc1ccn2cc(C34C[C@H]5C[C@@H](CC(Cl)(C5)C3)C4)nc2c1. The molecule has 2 atom stereocenters. The van der Waals surface area contributed by atoms with E-state index in [1.54, 1.807) is 0 Å². The van der Waals surface area contributed by atoms with Gasteiger partial charge in [-0.2, -0.15) is 0 Å². The molecule has 6 rings (SSSR count). The van der Waals surface area contributed by atoms with Crippen LogP contribution in [0.4, 0.5) is 0 Å². The lowest BCUT2D eigenvalue weighted by Crippen LogP contribution is -2.55. The minimum Gasteiger partial charge on any atom is -0.307 e. The van der Waals surface area contributed by atoms with Gasteiger partial charge in [-0.25, -0.2) is 4.98 Å². The van der Waals surface area contributed by atoms with Gasteiger partial charge in [-0.15, -0.1) is 11.6 Å². The van der Waals surface area contributed by atoms with Crippen molar-refractivity contribution >= 4 is 17.2 Å². The van der Waals surface area contributed by atoms with Crippen LogP contribution in [0.1, 0.15) is 49.8 Å². The quantitative estimate of drug-likeness (QED) is 0.710. The fourth-order valence-corrected chi connectivity index (χ4v) is 6.48. The van der Waals surface area contributed by atoms with Crippen LogP contribution in [0.2, 0.25) is 0 Å². The number of alkyl halides is 1. The lowest BCUT2D eigenvalue weighted by Gasteiger charge is -2.59. The van der Waals surface area contributed by atoms with Crippen molar-refractivity contribution in [1.29, 1.82) is 0 Å². The van der Waals surface area contributed by atoms with E-state index >= 15 is 0 Å². The van der Waals surface area contributed by atoms with Gasteiger partial charge in [0.1, 0.15) is 5.65 Å². The predicted molar refractivity (Wildman–Crippen MR) is 84.9 cm³/mol. The van der Waals surface area contributed by atoms with Crippen LogP contribution < -0.4 is 0 Å². The first-order valence-corrected chi connectivity index (χ1v) is 8.56. The van der Waals surface area contributed by atoms with E-state index in [-0.39, 0.29) is 10.3 Å². The van der Waals surface area contributed by atoms with Crippen LogP contribution in [0.15, 0.2) is 24.5 Å². The summed E-state index contributed by atoms with van der Waals surface area (Å²) in [6.07, 6.45) is 12.0. The van der Waals surface area contributed by atoms with Gasteiger partial charge in [0.15, 0.2) is 0 Å². The molecule has 0 radical (unpaired) electrons. The van der Waals surface area contributed by atoms with Crippen molar-refractivity contribution in [2.75, 3.05) is 0 Å². The average Bonchev–Trinajstić information content (AvgIpc) is 2.79. The van der Waals surface area contributed by atoms with Gasteiger partial charge < -0.3 is 4.40 Å². The summed E-state index contributed by atoms with van der Waals surface area (Å²) >= 11 is 6.96. The van der Waals surface area contributed by atoms with Gasteiger partial charge in [-0.3, -0.25) is 0 Å². The summed E-state index contributed by atoms with van der Waals surface area (Å²) in [7, 11) is 0. The summed E-state index contributed by atoms with van der Waals surface area (Å²) in [4.78, 5) is 5.06. The van der Waals surface area contributed by atoms with Crippen molar-refractivity contribution in [1.82, 2.24) is 9.38 Å². The van der Waals surface area contributed by atoms with Crippen LogP contribution in [0, 0.1) is 18.8 Å². The van der Waals surface area contributed by atoms with Crippen molar-refractivity contribution < 1.29 is 0 Å². The number of hydrogen-bond donors (Lipinski definition) is 0. The Morgan fingerprint density at radius 3 is 2.71 bits per heavy atom. The Morgan fingerprint density at radius 1 is 1.24 bits per heavy atom. The minimum absolute atomic E-state index is 0.0653. The highest BCUT2D eigenvalue weighted by Crippen LogP contribution is 2.64. The molecule has 4 bridgehead atoms. The third-order valence-electron chi connectivity index (χ3n) is 6.15. The standard InChI is InChI=1S/C18H21ClN2/c1-12-2-3-21-10-15(20-16(21)4-12)17-6-13-5-14(7-17)9-18(19,8-13)11-17/h2-4,10,13-14H,5-9,11H2,1H3/t13-,14-,17?,18?/m1/s1. The predicted octanol–water partition coefficient (Wildman–Crippen LogP) is 4.47. The fourth-order valence-electron chi connectivity index (χ4n) is 5.79. The Morgan fingerprint density at radius 2 is 2.00 bits per heavy atom. The molecule has 0 unspecified atom stereocenters. The maximum Gasteiger partial charge on any atom is 0.137 e. The molecule has 4 fully saturated rings. The molecule has 21 heavy (non-hydrogen) atoms. The monoisotopic (exact) mass is 300 g/mol. The van der Waals surface area contributed by atoms with E-state index < -0.39 is 0 Å². The number of hydrogen-bond acceptors (Lipinski definition) is 1. The molecule has 4 aliphatic carbocycles. The topological polar surface area (TPSA) is 17.3 Å². The Balaban J connectivity index is 1.64. The largest absolute Gasteiger partial charge is 0.307 e. The molecular weight excluding hydrogens is 280 g/mol. The van der Waals surface area contributed by atoms with Gasteiger partial charge in [-0.1, -0.05) is 0 Å². The van der Waals surface area contributed by atoms with Crippen molar-refractivity contribution in [3.63, 3.8) is 0 Å². The zero-order valence-corrected chi connectivity index (χ0v) is 13.2. The second kappa shape index (κ2) is 3.84. The summed E-state index contributed by atoms with van der Waals surface area (Å²) in [5.41, 5.74) is 3.92. The second-order valence-corrected chi connectivity index (χ2v) is 8.79. The number of aromatic nitrogens is 2. The van der Waals surface area contributed by atoms with Crippen LogP contribution in [-0.2, 0) is 5.41 Å². The third kappa shape index (κ3) is 1.75. The van der Waals surface area contributed by atoms with Gasteiger partial charge in [0, 0.05) is 22.7 Å². The Labute approximate surface area is 130 Å². The Hall–Kier alpha value is -1.02. The molecule has 0 aliphatic heterocycles. The summed E-state index contributed by atoms with van der Waals surface area (Å²) in [5.74, 6) is 1.66. The fraction of sp³-hybridized carbons (Fsp3) is 0.611. The molecule has 2 nitrogen and oxygen atoms in total. The van der Waals surface area contributed by atoms with E-state index in [0.717, 1.165) is 23.9 Å². The number of halogens is 1. The molecule has 0 amide bonds. The van der Waals surface area contributed by atoms with Crippen LogP contribution in [-0.4, -0.2) is 14.3 Å². The third-order valence-corrected chi connectivity index (χ3v) is 6.59. The molecule has 2 heterocycles. The summed E-state index contributed by atoms with van der Waals surface area (Å²) in [6.45, 7) is 2.13. The molecule has 0 aromatic carbocycles. The molecule has 0 saturated heterocycles. The van der Waals surface area contributed by atoms with E-state index in [1.807, 2.05) is 0 Å². The van der Waals surface area contributed by atoms with Crippen molar-refractivity contribution in [2.24, 2.45) is 11.8 Å². The zero-order valence-electron chi connectivity index (χ0n) is 12.5. The van der Waals surface area contributed by atoms with Crippen LogP contribution >= 0.6 is 11.6 Å². The van der Waals surface area contributed by atoms with Crippen LogP contribution in [0.5, 0.6) is 0 Å². The highest BCUT2D eigenvalue weighted by Gasteiger charge is 2.58. The number of aryl methyl sites for hydroxylation is 1.